The molecule has 31 heavy (non-hydrogen) atoms. The molecule has 0 amide bonds. The highest BCUT2D eigenvalue weighted by atomic mass is 35.5. The van der Waals surface area contributed by atoms with E-state index in [2.05, 4.69) is 39.2 Å². The van der Waals surface area contributed by atoms with Gasteiger partial charge in [-0.1, -0.05) is 24.3 Å². The molecule has 3 heterocycles. The number of para-hydroxylation sites is 1. The zero-order chi connectivity index (χ0) is 19.6. The standard InChI is InChI=1S/C22H25N5OS.ClH.H2O/c28-22-17-7-1-3-9-19(17)23-27(22)12-6-5-11-25-13-15-26(16-14-25)21-18-8-2-4-10-20(18)29-24-21;;/h1-4,7-10,23H,5-6,11-16H2;1H;1H2. The maximum absolute atomic E-state index is 12.4. The summed E-state index contributed by atoms with van der Waals surface area (Å²) in [6.07, 6.45) is 2.10. The molecule has 1 fully saturated rings. The monoisotopic (exact) mass is 461 g/mol. The van der Waals surface area contributed by atoms with Gasteiger partial charge in [0.15, 0.2) is 0 Å². The summed E-state index contributed by atoms with van der Waals surface area (Å²) in [6, 6.07) is 16.2. The zero-order valence-corrected chi connectivity index (χ0v) is 18.9. The average Bonchev–Trinajstić information content (AvgIpc) is 3.33. The minimum Gasteiger partial charge on any atom is -0.412 e. The van der Waals surface area contributed by atoms with E-state index in [9.17, 15) is 4.79 Å². The first kappa shape index (κ1) is 23.3. The van der Waals surface area contributed by atoms with Gasteiger partial charge in [0.25, 0.3) is 5.56 Å². The van der Waals surface area contributed by atoms with Gasteiger partial charge in [-0.15, -0.1) is 12.4 Å². The van der Waals surface area contributed by atoms with Crippen LogP contribution in [0.15, 0.2) is 53.3 Å². The Bertz CT molecular complexity index is 1180. The number of hydrogen-bond acceptors (Lipinski definition) is 5. The van der Waals surface area contributed by atoms with Crippen LogP contribution in [0.25, 0.3) is 21.0 Å². The number of halogens is 1. The number of hydrogen-bond donors (Lipinski definition) is 1. The third-order valence-electron chi connectivity index (χ3n) is 5.79. The average molecular weight is 462 g/mol. The molecule has 0 unspecified atom stereocenters. The van der Waals surface area contributed by atoms with Gasteiger partial charge in [0, 0.05) is 38.1 Å². The maximum Gasteiger partial charge on any atom is 0.274 e. The lowest BCUT2D eigenvalue weighted by atomic mass is 10.2. The fraction of sp³-hybridized carbons (Fsp3) is 0.364. The molecule has 166 valence electrons. The first-order chi connectivity index (χ1) is 14.3. The number of rotatable bonds is 6. The summed E-state index contributed by atoms with van der Waals surface area (Å²) in [5.41, 5.74) is 1.01. The zero-order valence-electron chi connectivity index (χ0n) is 17.3. The highest BCUT2D eigenvalue weighted by molar-refractivity contribution is 7.13. The van der Waals surface area contributed by atoms with Crippen molar-refractivity contribution in [3.05, 3.63) is 58.9 Å². The SMILES string of the molecule is Cl.O.O=c1c2ccccc2[nH]n1CCCCN1CCN(c2nsc3ccccc23)CC1. The van der Waals surface area contributed by atoms with Crippen LogP contribution in [0.3, 0.4) is 0 Å². The number of nitrogens with zero attached hydrogens (tertiary/aromatic N) is 4. The first-order valence-corrected chi connectivity index (χ1v) is 11.1. The summed E-state index contributed by atoms with van der Waals surface area (Å²) in [5.74, 6) is 1.14. The highest BCUT2D eigenvalue weighted by Crippen LogP contribution is 2.29. The van der Waals surface area contributed by atoms with Crippen LogP contribution in [0.1, 0.15) is 12.8 Å². The first-order valence-electron chi connectivity index (χ1n) is 10.3. The normalized spacial score (nSPS) is 14.5. The van der Waals surface area contributed by atoms with E-state index in [4.69, 9.17) is 4.37 Å². The molecule has 2 aromatic carbocycles. The number of aromatic nitrogens is 3. The molecular formula is C22H28ClN5O2S. The van der Waals surface area contributed by atoms with E-state index in [1.165, 1.54) is 10.1 Å². The Morgan fingerprint density at radius 1 is 0.903 bits per heavy atom. The number of aromatic amines is 1. The molecule has 0 atom stereocenters. The molecule has 3 N–H and O–H groups in total. The van der Waals surface area contributed by atoms with Crippen LogP contribution in [-0.2, 0) is 6.54 Å². The fourth-order valence-corrected chi connectivity index (χ4v) is 4.95. The Labute approximate surface area is 191 Å². The molecular weight excluding hydrogens is 434 g/mol. The van der Waals surface area contributed by atoms with Crippen molar-refractivity contribution in [3.63, 3.8) is 0 Å². The van der Waals surface area contributed by atoms with Gasteiger partial charge in [-0.2, -0.15) is 4.37 Å². The molecule has 9 heteroatoms. The Balaban J connectivity index is 0.00000136. The van der Waals surface area contributed by atoms with Gasteiger partial charge >= 0.3 is 0 Å². The van der Waals surface area contributed by atoms with Crippen molar-refractivity contribution in [2.75, 3.05) is 37.6 Å². The van der Waals surface area contributed by atoms with Crippen molar-refractivity contribution < 1.29 is 5.48 Å². The Hall–Kier alpha value is -2.39. The molecule has 0 spiro atoms. The van der Waals surface area contributed by atoms with E-state index in [1.807, 2.05) is 24.3 Å². The quantitative estimate of drug-likeness (QED) is 0.447. The van der Waals surface area contributed by atoms with Crippen LogP contribution in [0.4, 0.5) is 5.82 Å². The second-order valence-electron chi connectivity index (χ2n) is 7.65. The van der Waals surface area contributed by atoms with E-state index in [-0.39, 0.29) is 23.4 Å². The number of anilines is 1. The van der Waals surface area contributed by atoms with E-state index < -0.39 is 0 Å². The molecule has 0 bridgehead atoms. The van der Waals surface area contributed by atoms with Crippen molar-refractivity contribution in [2.45, 2.75) is 19.4 Å². The molecule has 2 aromatic heterocycles. The molecule has 0 radical (unpaired) electrons. The van der Waals surface area contributed by atoms with Crippen LogP contribution in [0.2, 0.25) is 0 Å². The Morgan fingerprint density at radius 3 is 2.35 bits per heavy atom. The van der Waals surface area contributed by atoms with Crippen LogP contribution >= 0.6 is 23.9 Å². The number of aryl methyl sites for hydroxylation is 1. The van der Waals surface area contributed by atoms with Crippen molar-refractivity contribution in [3.8, 4) is 0 Å². The molecule has 0 saturated carbocycles. The number of piperazine rings is 1. The highest BCUT2D eigenvalue weighted by Gasteiger charge is 2.20. The van der Waals surface area contributed by atoms with Gasteiger partial charge in [-0.05, 0) is 55.2 Å². The van der Waals surface area contributed by atoms with E-state index in [0.29, 0.717) is 0 Å². The minimum absolute atomic E-state index is 0. The summed E-state index contributed by atoms with van der Waals surface area (Å²) in [5, 5.41) is 5.27. The number of benzene rings is 2. The van der Waals surface area contributed by atoms with Crippen LogP contribution < -0.4 is 10.5 Å². The van der Waals surface area contributed by atoms with Crippen molar-refractivity contribution in [1.82, 2.24) is 19.1 Å². The number of nitrogens with one attached hydrogen (secondary N) is 1. The summed E-state index contributed by atoms with van der Waals surface area (Å²) < 4.78 is 7.70. The van der Waals surface area contributed by atoms with Crippen LogP contribution in [0, 0.1) is 0 Å². The molecule has 5 rings (SSSR count). The fourth-order valence-electron chi connectivity index (χ4n) is 4.16. The van der Waals surface area contributed by atoms with Gasteiger partial charge in [0.2, 0.25) is 0 Å². The topological polar surface area (TPSA) is 88.7 Å². The molecule has 0 aliphatic carbocycles. The van der Waals surface area contributed by atoms with Gasteiger partial charge in [-0.3, -0.25) is 19.5 Å². The number of unbranched alkanes of at least 4 members (excludes halogenated alkanes) is 1. The second kappa shape index (κ2) is 10.3. The largest absolute Gasteiger partial charge is 0.412 e. The summed E-state index contributed by atoms with van der Waals surface area (Å²) in [6.45, 7) is 6.01. The molecule has 1 saturated heterocycles. The lowest BCUT2D eigenvalue weighted by Crippen LogP contribution is -2.46. The summed E-state index contributed by atoms with van der Waals surface area (Å²) >= 11 is 1.59. The molecule has 1 aliphatic heterocycles. The van der Waals surface area contributed by atoms with Crippen molar-refractivity contribution >= 4 is 50.7 Å². The van der Waals surface area contributed by atoms with Gasteiger partial charge < -0.3 is 10.4 Å². The van der Waals surface area contributed by atoms with Gasteiger partial charge in [-0.25, -0.2) is 0 Å². The van der Waals surface area contributed by atoms with Gasteiger partial charge in [0.1, 0.15) is 5.82 Å². The number of fused-ring (bicyclic) bond motifs is 2. The lowest BCUT2D eigenvalue weighted by Gasteiger charge is -2.35. The molecule has 1 aliphatic rings. The van der Waals surface area contributed by atoms with Crippen LogP contribution in [0.5, 0.6) is 0 Å². The minimum atomic E-state index is 0. The van der Waals surface area contributed by atoms with E-state index >= 15 is 0 Å². The second-order valence-corrected chi connectivity index (χ2v) is 8.46. The third-order valence-corrected chi connectivity index (χ3v) is 6.61. The molecule has 7 nitrogen and oxygen atoms in total. The smallest absolute Gasteiger partial charge is 0.274 e. The van der Waals surface area contributed by atoms with Crippen molar-refractivity contribution in [2.24, 2.45) is 0 Å². The van der Waals surface area contributed by atoms with E-state index in [0.717, 1.165) is 68.8 Å². The third kappa shape index (κ3) is 4.77. The van der Waals surface area contributed by atoms with Crippen molar-refractivity contribution in [1.29, 1.82) is 0 Å². The predicted octanol–water partition coefficient (Wildman–Crippen LogP) is 3.14. The predicted molar refractivity (Wildman–Crippen MR) is 131 cm³/mol. The van der Waals surface area contributed by atoms with Crippen LogP contribution in [-0.4, -0.2) is 57.3 Å². The maximum atomic E-state index is 12.4. The van der Waals surface area contributed by atoms with Gasteiger partial charge in [0.05, 0.1) is 15.6 Å². The Kier molecular flexibility index (Phi) is 7.72. The summed E-state index contributed by atoms with van der Waals surface area (Å²) in [4.78, 5) is 17.3. The Morgan fingerprint density at radius 2 is 1.58 bits per heavy atom. The lowest BCUT2D eigenvalue weighted by molar-refractivity contribution is 0.250. The molecule has 4 aromatic rings. The summed E-state index contributed by atoms with van der Waals surface area (Å²) in [7, 11) is 0. The van der Waals surface area contributed by atoms with E-state index in [1.54, 1.807) is 16.2 Å². The number of H-pyrrole nitrogens is 1.